The van der Waals surface area contributed by atoms with Crippen LogP contribution >= 0.6 is 11.8 Å². The van der Waals surface area contributed by atoms with Crippen molar-refractivity contribution in [2.75, 3.05) is 30.3 Å². The van der Waals surface area contributed by atoms with Crippen LogP contribution in [0.5, 0.6) is 0 Å². The third-order valence-electron chi connectivity index (χ3n) is 4.70. The minimum atomic E-state index is 0.131. The minimum absolute atomic E-state index is 0.131. The van der Waals surface area contributed by atoms with E-state index in [0.29, 0.717) is 22.8 Å². The molecular weight excluding hydrogens is 340 g/mol. The summed E-state index contributed by atoms with van der Waals surface area (Å²) in [6, 6.07) is 2.03. The van der Waals surface area contributed by atoms with E-state index in [1.165, 1.54) is 11.8 Å². The van der Waals surface area contributed by atoms with Crippen molar-refractivity contribution in [3.63, 3.8) is 0 Å². The number of fused-ring (bicyclic) bond motifs is 4. The van der Waals surface area contributed by atoms with Gasteiger partial charge in [-0.3, -0.25) is 4.79 Å². The Morgan fingerprint density at radius 2 is 2.08 bits per heavy atom. The van der Waals surface area contributed by atoms with Crippen LogP contribution in [0.2, 0.25) is 0 Å². The van der Waals surface area contributed by atoms with Crippen molar-refractivity contribution in [2.45, 2.75) is 31.0 Å². The lowest BCUT2D eigenvalue weighted by Crippen LogP contribution is -2.48. The van der Waals surface area contributed by atoms with Crippen LogP contribution in [0, 0.1) is 12.8 Å². The van der Waals surface area contributed by atoms with Crippen LogP contribution in [0.3, 0.4) is 0 Å². The maximum atomic E-state index is 12.7. The molecule has 8 nitrogen and oxygen atoms in total. The summed E-state index contributed by atoms with van der Waals surface area (Å²) >= 11 is 1.30. The number of carbonyl (C=O) groups is 1. The summed E-state index contributed by atoms with van der Waals surface area (Å²) < 4.78 is 5.33. The molecule has 2 atom stereocenters. The van der Waals surface area contributed by atoms with E-state index < -0.39 is 0 Å². The molecule has 132 valence electrons. The van der Waals surface area contributed by atoms with Crippen LogP contribution in [0.1, 0.15) is 18.7 Å². The Bertz CT molecular complexity index is 739. The van der Waals surface area contributed by atoms with E-state index in [4.69, 9.17) is 4.42 Å². The van der Waals surface area contributed by atoms with Crippen molar-refractivity contribution >= 4 is 23.6 Å². The predicted octanol–water partition coefficient (Wildman–Crippen LogP) is 1.39. The molecule has 0 spiro atoms. The molecule has 3 aliphatic heterocycles. The molecule has 5 heterocycles. The van der Waals surface area contributed by atoms with Gasteiger partial charge in [0.25, 0.3) is 5.22 Å². The Kier molecular flexibility index (Phi) is 4.56. The highest BCUT2D eigenvalue weighted by molar-refractivity contribution is 7.99. The molecule has 0 aromatic carbocycles. The van der Waals surface area contributed by atoms with Gasteiger partial charge in [0.1, 0.15) is 0 Å². The van der Waals surface area contributed by atoms with Gasteiger partial charge in [0, 0.05) is 45.0 Å². The number of aromatic nitrogens is 4. The second kappa shape index (κ2) is 6.99. The number of rotatable bonds is 4. The molecule has 1 amide bonds. The largest absolute Gasteiger partial charge is 0.416 e. The minimum Gasteiger partial charge on any atom is -0.416 e. The maximum Gasteiger partial charge on any atom is 0.277 e. The lowest BCUT2D eigenvalue weighted by atomic mass is 9.95. The van der Waals surface area contributed by atoms with Crippen molar-refractivity contribution in [3.05, 3.63) is 24.4 Å². The van der Waals surface area contributed by atoms with E-state index in [2.05, 4.69) is 25.1 Å². The van der Waals surface area contributed by atoms with Gasteiger partial charge >= 0.3 is 0 Å². The van der Waals surface area contributed by atoms with Crippen molar-refractivity contribution in [3.8, 4) is 0 Å². The number of piperidine rings is 1. The number of anilines is 1. The summed E-state index contributed by atoms with van der Waals surface area (Å²) in [6.45, 7) is 4.24. The van der Waals surface area contributed by atoms with Gasteiger partial charge < -0.3 is 14.2 Å². The molecule has 3 fully saturated rings. The normalized spacial score (nSPS) is 22.9. The Morgan fingerprint density at radius 1 is 1.24 bits per heavy atom. The second-order valence-corrected chi connectivity index (χ2v) is 7.40. The number of hydrogen-bond acceptors (Lipinski definition) is 8. The zero-order valence-electron chi connectivity index (χ0n) is 14.0. The van der Waals surface area contributed by atoms with Gasteiger partial charge in [-0.2, -0.15) is 0 Å². The molecule has 2 aromatic heterocycles. The smallest absolute Gasteiger partial charge is 0.277 e. The summed E-state index contributed by atoms with van der Waals surface area (Å²) in [5.74, 6) is 2.19. The summed E-state index contributed by atoms with van der Waals surface area (Å²) in [6.07, 6.45) is 5.71. The van der Waals surface area contributed by atoms with E-state index in [9.17, 15) is 4.79 Å². The highest BCUT2D eigenvalue weighted by Crippen LogP contribution is 2.30. The molecule has 9 heteroatoms. The molecule has 0 saturated carbocycles. The van der Waals surface area contributed by atoms with Crippen molar-refractivity contribution < 1.29 is 9.21 Å². The quantitative estimate of drug-likeness (QED) is 0.756. The number of hydrogen-bond donors (Lipinski definition) is 0. The lowest BCUT2D eigenvalue weighted by Gasteiger charge is -2.36. The topological polar surface area (TPSA) is 88.3 Å². The Labute approximate surface area is 150 Å². The van der Waals surface area contributed by atoms with Gasteiger partial charge in [-0.15, -0.1) is 10.2 Å². The molecule has 25 heavy (non-hydrogen) atoms. The molecular formula is C16H20N6O2S. The van der Waals surface area contributed by atoms with Crippen molar-refractivity contribution in [2.24, 2.45) is 5.92 Å². The molecule has 3 saturated heterocycles. The monoisotopic (exact) mass is 360 g/mol. The fourth-order valence-corrected chi connectivity index (χ4v) is 4.24. The molecule has 0 aliphatic carbocycles. The van der Waals surface area contributed by atoms with Gasteiger partial charge in [0.2, 0.25) is 17.7 Å². The molecule has 3 aliphatic rings. The van der Waals surface area contributed by atoms with Gasteiger partial charge in [-0.25, -0.2) is 9.97 Å². The Hall–Kier alpha value is -2.16. The first kappa shape index (κ1) is 16.3. The second-order valence-electron chi connectivity index (χ2n) is 6.47. The number of thioether (sulfide) groups is 1. The summed E-state index contributed by atoms with van der Waals surface area (Å²) in [7, 11) is 0. The van der Waals surface area contributed by atoms with E-state index >= 15 is 0 Å². The predicted molar refractivity (Wildman–Crippen MR) is 92.2 cm³/mol. The summed E-state index contributed by atoms with van der Waals surface area (Å²) in [5, 5.41) is 8.17. The first-order valence-corrected chi connectivity index (χ1v) is 9.42. The van der Waals surface area contributed by atoms with Gasteiger partial charge in [-0.1, -0.05) is 11.8 Å². The van der Waals surface area contributed by atoms with Crippen LogP contribution in [0.4, 0.5) is 5.95 Å². The van der Waals surface area contributed by atoms with Gasteiger partial charge in [-0.05, 0) is 24.8 Å². The maximum absolute atomic E-state index is 12.7. The fraction of sp³-hybridized carbons (Fsp3) is 0.562. The van der Waals surface area contributed by atoms with Crippen molar-refractivity contribution in [1.29, 1.82) is 0 Å². The third-order valence-corrected chi connectivity index (χ3v) is 5.50. The van der Waals surface area contributed by atoms with Crippen LogP contribution < -0.4 is 4.90 Å². The Balaban J connectivity index is 1.42. The van der Waals surface area contributed by atoms with Crippen LogP contribution in [0.15, 0.2) is 28.1 Å². The highest BCUT2D eigenvalue weighted by Gasteiger charge is 2.37. The van der Waals surface area contributed by atoms with E-state index in [1.807, 2.05) is 11.0 Å². The average molecular weight is 360 g/mol. The first-order chi connectivity index (χ1) is 12.2. The number of aryl methyl sites for hydroxylation is 1. The zero-order chi connectivity index (χ0) is 17.2. The molecule has 2 aromatic rings. The third kappa shape index (κ3) is 3.60. The standard InChI is InChI=1S/C16H20N6O2S/c1-11-19-20-16(24-11)25-10-14(23)22-8-12-3-4-13(22)9-21(7-12)15-17-5-2-6-18-15/h2,5-6,12-13H,3-4,7-10H2,1H3/t12-,13+/m0/s1. The Morgan fingerprint density at radius 3 is 2.84 bits per heavy atom. The number of amides is 1. The molecule has 0 radical (unpaired) electrons. The van der Waals surface area contributed by atoms with Crippen molar-refractivity contribution in [1.82, 2.24) is 25.1 Å². The summed E-state index contributed by atoms with van der Waals surface area (Å²) in [4.78, 5) is 25.7. The SMILES string of the molecule is Cc1nnc(SCC(=O)N2C[C@H]3CC[C@@H]2CN(c2ncccn2)C3)o1. The average Bonchev–Trinajstić information content (AvgIpc) is 2.85. The highest BCUT2D eigenvalue weighted by atomic mass is 32.2. The lowest BCUT2D eigenvalue weighted by molar-refractivity contribution is -0.132. The number of carbonyl (C=O) groups excluding carboxylic acids is 1. The van der Waals surface area contributed by atoms with E-state index in [0.717, 1.165) is 38.4 Å². The molecule has 5 rings (SSSR count). The van der Waals surface area contributed by atoms with E-state index in [1.54, 1.807) is 19.3 Å². The fourth-order valence-electron chi connectivity index (χ4n) is 3.55. The molecule has 0 unspecified atom stereocenters. The molecule has 2 bridgehead atoms. The molecule has 0 N–H and O–H groups in total. The zero-order valence-corrected chi connectivity index (χ0v) is 14.9. The van der Waals surface area contributed by atoms with Gasteiger partial charge in [0.15, 0.2) is 0 Å². The van der Waals surface area contributed by atoms with E-state index in [-0.39, 0.29) is 11.9 Å². The van der Waals surface area contributed by atoms with Crippen LogP contribution in [-0.4, -0.2) is 62.4 Å². The van der Waals surface area contributed by atoms with Gasteiger partial charge in [0.05, 0.1) is 5.75 Å². The summed E-state index contributed by atoms with van der Waals surface area (Å²) in [5.41, 5.74) is 0. The van der Waals surface area contributed by atoms with Crippen LogP contribution in [-0.2, 0) is 4.79 Å². The number of nitrogens with zero attached hydrogens (tertiary/aromatic N) is 6. The first-order valence-electron chi connectivity index (χ1n) is 8.43. The van der Waals surface area contributed by atoms with Crippen LogP contribution in [0.25, 0.3) is 0 Å².